The predicted octanol–water partition coefficient (Wildman–Crippen LogP) is 3.89. The van der Waals surface area contributed by atoms with Gasteiger partial charge in [-0.2, -0.15) is 0 Å². The minimum absolute atomic E-state index is 0.453. The van der Waals surface area contributed by atoms with Gasteiger partial charge in [-0.05, 0) is 18.4 Å². The lowest BCUT2D eigenvalue weighted by Crippen LogP contribution is -2.17. The molecule has 0 aliphatic rings. The zero-order valence-electron chi connectivity index (χ0n) is 12.6. The van der Waals surface area contributed by atoms with Crippen molar-refractivity contribution in [3.8, 4) is 0 Å². The lowest BCUT2D eigenvalue weighted by molar-refractivity contribution is 0.155. The van der Waals surface area contributed by atoms with Crippen LogP contribution < -0.4 is 4.80 Å². The van der Waals surface area contributed by atoms with Crippen molar-refractivity contribution in [1.29, 1.82) is 5.41 Å². The largest absolute Gasteiger partial charge is 0.387 e. The molecule has 0 saturated carbocycles. The molecule has 0 aliphatic carbocycles. The van der Waals surface area contributed by atoms with Crippen LogP contribution >= 0.6 is 11.3 Å². The van der Waals surface area contributed by atoms with E-state index >= 15 is 0 Å². The fourth-order valence-electron chi connectivity index (χ4n) is 2.39. The monoisotopic (exact) mass is 304 g/mol. The maximum Gasteiger partial charge on any atom is 0.182 e. The highest BCUT2D eigenvalue weighted by molar-refractivity contribution is 7.09. The Bertz CT molecular complexity index is 588. The average Bonchev–Trinajstić information content (AvgIpc) is 2.85. The van der Waals surface area contributed by atoms with Crippen LogP contribution in [0.15, 0.2) is 36.5 Å². The molecule has 0 bridgehead atoms. The quantitative estimate of drug-likeness (QED) is 0.714. The first kappa shape index (κ1) is 16.0. The molecule has 0 radical (unpaired) electrons. The van der Waals surface area contributed by atoms with Gasteiger partial charge < -0.3 is 9.67 Å². The van der Waals surface area contributed by atoms with Gasteiger partial charge in [-0.3, -0.25) is 5.41 Å². The maximum absolute atomic E-state index is 10.3. The summed E-state index contributed by atoms with van der Waals surface area (Å²) in [5.74, 6) is 0. The number of rotatable bonds is 8. The van der Waals surface area contributed by atoms with E-state index < -0.39 is 6.10 Å². The zero-order chi connectivity index (χ0) is 15.1. The summed E-state index contributed by atoms with van der Waals surface area (Å²) in [4.78, 5) is 1.77. The average molecular weight is 304 g/mol. The number of aryl methyl sites for hydroxylation is 1. The fraction of sp³-hybridized carbons (Fsp3) is 0.471. The molecule has 0 spiro atoms. The zero-order valence-corrected chi connectivity index (χ0v) is 13.4. The summed E-state index contributed by atoms with van der Waals surface area (Å²) in [6, 6.07) is 9.65. The number of hydrogen-bond acceptors (Lipinski definition) is 3. The lowest BCUT2D eigenvalue weighted by Gasteiger charge is -2.11. The van der Waals surface area contributed by atoms with Crippen molar-refractivity contribution in [2.24, 2.45) is 0 Å². The van der Waals surface area contributed by atoms with Crippen molar-refractivity contribution >= 4 is 11.3 Å². The van der Waals surface area contributed by atoms with Crippen LogP contribution in [0.25, 0.3) is 0 Å². The summed E-state index contributed by atoms with van der Waals surface area (Å²) in [6.07, 6.45) is 7.51. The second-order valence-corrected chi connectivity index (χ2v) is 6.51. The number of unbranched alkanes of at least 4 members (excludes halogenated alkanes) is 3. The van der Waals surface area contributed by atoms with Gasteiger partial charge in [0.15, 0.2) is 4.80 Å². The minimum atomic E-state index is -0.553. The molecule has 2 N–H and O–H groups in total. The molecule has 2 aromatic rings. The van der Waals surface area contributed by atoms with E-state index in [1.807, 2.05) is 41.1 Å². The van der Waals surface area contributed by atoms with Crippen LogP contribution in [-0.2, 0) is 13.0 Å². The molecule has 4 heteroatoms. The van der Waals surface area contributed by atoms with E-state index in [4.69, 9.17) is 5.41 Å². The van der Waals surface area contributed by atoms with Crippen LogP contribution in [0.2, 0.25) is 0 Å². The molecule has 21 heavy (non-hydrogen) atoms. The van der Waals surface area contributed by atoms with Gasteiger partial charge in [0.25, 0.3) is 0 Å². The third-order valence-electron chi connectivity index (χ3n) is 3.62. The third kappa shape index (κ3) is 4.83. The Labute approximate surface area is 130 Å². The van der Waals surface area contributed by atoms with Crippen molar-refractivity contribution < 1.29 is 5.11 Å². The molecule has 1 heterocycles. The smallest absolute Gasteiger partial charge is 0.182 e. The van der Waals surface area contributed by atoms with E-state index in [2.05, 4.69) is 6.92 Å². The predicted molar refractivity (Wildman–Crippen MR) is 87.4 cm³/mol. The van der Waals surface area contributed by atoms with E-state index in [-0.39, 0.29) is 0 Å². The summed E-state index contributed by atoms with van der Waals surface area (Å²) < 4.78 is 1.86. The summed E-state index contributed by atoms with van der Waals surface area (Å²) in [5.41, 5.74) is 0.903. The van der Waals surface area contributed by atoms with Crippen LogP contribution in [0.1, 0.15) is 49.2 Å². The molecule has 0 aliphatic heterocycles. The third-order valence-corrected chi connectivity index (χ3v) is 4.62. The molecule has 0 saturated heterocycles. The van der Waals surface area contributed by atoms with Gasteiger partial charge in [-0.25, -0.2) is 0 Å². The topological polar surface area (TPSA) is 49.0 Å². The van der Waals surface area contributed by atoms with Gasteiger partial charge >= 0.3 is 0 Å². The molecule has 0 amide bonds. The summed E-state index contributed by atoms with van der Waals surface area (Å²) >= 11 is 1.53. The van der Waals surface area contributed by atoms with E-state index in [1.54, 1.807) is 0 Å². The Kier molecular flexibility index (Phi) is 6.21. The molecule has 1 unspecified atom stereocenters. The number of thiazole rings is 1. The minimum Gasteiger partial charge on any atom is -0.387 e. The molecule has 3 nitrogen and oxygen atoms in total. The van der Waals surface area contributed by atoms with E-state index in [9.17, 15) is 5.11 Å². The molecule has 114 valence electrons. The van der Waals surface area contributed by atoms with Crippen molar-refractivity contribution in [2.75, 3.05) is 0 Å². The van der Waals surface area contributed by atoms with E-state index in [1.165, 1.54) is 41.9 Å². The van der Waals surface area contributed by atoms with Gasteiger partial charge in [0.1, 0.15) is 0 Å². The van der Waals surface area contributed by atoms with Crippen LogP contribution in [0.3, 0.4) is 0 Å². The Morgan fingerprint density at radius 2 is 1.95 bits per heavy atom. The van der Waals surface area contributed by atoms with Crippen LogP contribution in [-0.4, -0.2) is 9.67 Å². The Hall–Kier alpha value is -1.39. The Balaban J connectivity index is 1.94. The first-order valence-corrected chi connectivity index (χ1v) is 8.49. The number of nitrogens with zero attached hydrogens (tertiary/aromatic N) is 1. The van der Waals surface area contributed by atoms with Crippen molar-refractivity contribution in [3.05, 3.63) is 51.8 Å². The normalized spacial score (nSPS) is 12.5. The number of benzene rings is 1. The van der Waals surface area contributed by atoms with Crippen LogP contribution in [0.4, 0.5) is 0 Å². The number of aliphatic hydroxyl groups is 1. The van der Waals surface area contributed by atoms with Gasteiger partial charge in [0.05, 0.1) is 12.6 Å². The SMILES string of the molecule is CCCCCCc1cn(CC(O)c2ccccc2)c(=N)s1. The van der Waals surface area contributed by atoms with E-state index in [0.717, 1.165) is 12.0 Å². The molecule has 2 rings (SSSR count). The van der Waals surface area contributed by atoms with E-state index in [0.29, 0.717) is 11.3 Å². The fourth-order valence-corrected chi connectivity index (χ4v) is 3.30. The maximum atomic E-state index is 10.3. The molecule has 1 atom stereocenters. The standard InChI is InChI=1S/C17H24N2OS/c1-2-3-4-8-11-15-12-19(17(18)21-15)13-16(20)14-9-6-5-7-10-14/h5-7,9-10,12,16,18,20H,2-4,8,11,13H2,1H3. The number of nitrogens with one attached hydrogen (secondary N) is 1. The molecule has 1 aromatic heterocycles. The highest BCUT2D eigenvalue weighted by Crippen LogP contribution is 2.16. The highest BCUT2D eigenvalue weighted by atomic mass is 32.1. The lowest BCUT2D eigenvalue weighted by atomic mass is 10.1. The second kappa shape index (κ2) is 8.15. The number of aromatic nitrogens is 1. The highest BCUT2D eigenvalue weighted by Gasteiger charge is 2.10. The van der Waals surface area contributed by atoms with Crippen molar-refractivity contribution in [2.45, 2.75) is 51.7 Å². The second-order valence-electron chi connectivity index (χ2n) is 5.39. The summed E-state index contributed by atoms with van der Waals surface area (Å²) in [6.45, 7) is 2.67. The Morgan fingerprint density at radius 3 is 2.67 bits per heavy atom. The van der Waals surface area contributed by atoms with Gasteiger partial charge in [0, 0.05) is 11.1 Å². The van der Waals surface area contributed by atoms with Crippen molar-refractivity contribution in [1.82, 2.24) is 4.57 Å². The molecular formula is C17H24N2OS. The molecular weight excluding hydrogens is 280 g/mol. The van der Waals surface area contributed by atoms with Crippen molar-refractivity contribution in [3.63, 3.8) is 0 Å². The van der Waals surface area contributed by atoms with Crippen LogP contribution in [0.5, 0.6) is 0 Å². The molecule has 0 fully saturated rings. The first-order valence-electron chi connectivity index (χ1n) is 7.67. The van der Waals surface area contributed by atoms with Gasteiger partial charge in [0.2, 0.25) is 0 Å². The number of hydrogen-bond donors (Lipinski definition) is 2. The van der Waals surface area contributed by atoms with Crippen LogP contribution in [0, 0.1) is 5.41 Å². The summed E-state index contributed by atoms with van der Waals surface area (Å²) in [7, 11) is 0. The summed E-state index contributed by atoms with van der Waals surface area (Å²) in [5, 5.41) is 18.3. The molecule has 1 aromatic carbocycles. The first-order chi connectivity index (χ1) is 10.2. The number of aliphatic hydroxyl groups excluding tert-OH is 1. The Morgan fingerprint density at radius 1 is 1.19 bits per heavy atom. The van der Waals surface area contributed by atoms with Gasteiger partial charge in [-0.1, -0.05) is 56.5 Å². The van der Waals surface area contributed by atoms with Gasteiger partial charge in [-0.15, -0.1) is 11.3 Å².